The lowest BCUT2D eigenvalue weighted by molar-refractivity contribution is 0.281. The van der Waals surface area contributed by atoms with Crippen molar-refractivity contribution in [2.24, 2.45) is 4.99 Å². The lowest BCUT2D eigenvalue weighted by atomic mass is 10.2. The Balaban J connectivity index is 1.78. The number of nitrogens with zero attached hydrogens (tertiary/aromatic N) is 2. The van der Waals surface area contributed by atoms with Crippen LogP contribution in [0.4, 0.5) is 14.5 Å². The first-order chi connectivity index (χ1) is 12.9. The van der Waals surface area contributed by atoms with Crippen molar-refractivity contribution in [3.63, 3.8) is 0 Å². The second kappa shape index (κ2) is 8.37. The van der Waals surface area contributed by atoms with Gasteiger partial charge in [-0.15, -0.1) is 0 Å². The third-order valence-electron chi connectivity index (χ3n) is 4.01. The van der Waals surface area contributed by atoms with Gasteiger partial charge in [-0.05, 0) is 52.7 Å². The SMILES string of the molecule is CC1N=C(OCc2ccc(F)cc2F)C(Br)=CN1c1cc(CO)ccc1Cl. The van der Waals surface area contributed by atoms with Crippen molar-refractivity contribution in [3.8, 4) is 0 Å². The maximum atomic E-state index is 13.7. The van der Waals surface area contributed by atoms with Crippen molar-refractivity contribution in [2.45, 2.75) is 26.3 Å². The zero-order chi connectivity index (χ0) is 19.6. The molecule has 1 aliphatic rings. The Morgan fingerprint density at radius 1 is 1.26 bits per heavy atom. The standard InChI is InChI=1S/C19H16BrClF2N2O2/c1-11-24-19(27-10-13-3-4-14(22)7-17(13)23)15(20)8-25(11)18-6-12(9-26)2-5-16(18)21/h2-8,11,26H,9-10H2,1H3. The molecule has 27 heavy (non-hydrogen) atoms. The Morgan fingerprint density at radius 2 is 2.04 bits per heavy atom. The first-order valence-electron chi connectivity index (χ1n) is 8.09. The summed E-state index contributed by atoms with van der Waals surface area (Å²) in [7, 11) is 0. The average Bonchev–Trinajstić information content (AvgIpc) is 2.64. The summed E-state index contributed by atoms with van der Waals surface area (Å²) in [5.74, 6) is -1.01. The summed E-state index contributed by atoms with van der Waals surface area (Å²) >= 11 is 9.69. The van der Waals surface area contributed by atoms with Crippen LogP contribution in [-0.4, -0.2) is 17.2 Å². The number of hydrogen-bond acceptors (Lipinski definition) is 4. The topological polar surface area (TPSA) is 45.1 Å². The van der Waals surface area contributed by atoms with Crippen LogP contribution in [0.25, 0.3) is 0 Å². The number of ether oxygens (including phenoxy) is 1. The molecule has 1 heterocycles. The molecule has 8 heteroatoms. The van der Waals surface area contributed by atoms with Gasteiger partial charge in [0.1, 0.15) is 24.4 Å². The third-order valence-corrected chi connectivity index (χ3v) is 4.88. The van der Waals surface area contributed by atoms with Gasteiger partial charge in [-0.2, -0.15) is 0 Å². The molecule has 0 amide bonds. The van der Waals surface area contributed by atoms with E-state index >= 15 is 0 Å². The quantitative estimate of drug-likeness (QED) is 0.692. The minimum Gasteiger partial charge on any atom is -0.472 e. The molecule has 2 aromatic rings. The molecule has 0 saturated heterocycles. The van der Waals surface area contributed by atoms with Crippen molar-refractivity contribution < 1.29 is 18.6 Å². The lowest BCUT2D eigenvalue weighted by Gasteiger charge is -2.30. The summed E-state index contributed by atoms with van der Waals surface area (Å²) < 4.78 is 32.9. The van der Waals surface area contributed by atoms with Crippen LogP contribution in [0.1, 0.15) is 18.1 Å². The number of aliphatic hydroxyl groups is 1. The van der Waals surface area contributed by atoms with E-state index in [1.807, 2.05) is 11.8 Å². The maximum absolute atomic E-state index is 13.7. The lowest BCUT2D eigenvalue weighted by Crippen LogP contribution is -2.32. The summed E-state index contributed by atoms with van der Waals surface area (Å²) in [6.07, 6.45) is 1.42. The van der Waals surface area contributed by atoms with Gasteiger partial charge >= 0.3 is 0 Å². The molecule has 0 spiro atoms. The molecule has 0 bridgehead atoms. The van der Waals surface area contributed by atoms with Crippen molar-refractivity contribution in [1.82, 2.24) is 0 Å². The molecular formula is C19H16BrClF2N2O2. The predicted molar refractivity (Wildman–Crippen MR) is 105 cm³/mol. The normalized spacial score (nSPS) is 16.8. The van der Waals surface area contributed by atoms with Crippen LogP contribution in [0, 0.1) is 11.6 Å². The van der Waals surface area contributed by atoms with Gasteiger partial charge in [-0.1, -0.05) is 17.7 Å². The third kappa shape index (κ3) is 4.48. The number of benzene rings is 2. The van der Waals surface area contributed by atoms with Crippen LogP contribution < -0.4 is 4.90 Å². The molecular weight excluding hydrogens is 442 g/mol. The highest BCUT2D eigenvalue weighted by atomic mass is 79.9. The van der Waals surface area contributed by atoms with E-state index in [-0.39, 0.29) is 24.9 Å². The molecule has 1 N–H and O–H groups in total. The average molecular weight is 458 g/mol. The van der Waals surface area contributed by atoms with Crippen LogP contribution in [0.3, 0.4) is 0 Å². The van der Waals surface area contributed by atoms with Crippen molar-refractivity contribution in [2.75, 3.05) is 4.90 Å². The van der Waals surface area contributed by atoms with Crippen LogP contribution in [0.2, 0.25) is 5.02 Å². The van der Waals surface area contributed by atoms with Crippen molar-refractivity contribution >= 4 is 39.1 Å². The van der Waals surface area contributed by atoms with Crippen molar-refractivity contribution in [1.29, 1.82) is 0 Å². The highest BCUT2D eigenvalue weighted by Gasteiger charge is 2.23. The Morgan fingerprint density at radius 3 is 2.74 bits per heavy atom. The highest BCUT2D eigenvalue weighted by Crippen LogP contribution is 2.32. The van der Waals surface area contributed by atoms with E-state index in [0.29, 0.717) is 21.1 Å². The Hall–Kier alpha value is -1.96. The molecule has 0 radical (unpaired) electrons. The molecule has 1 unspecified atom stereocenters. The van der Waals surface area contributed by atoms with E-state index in [2.05, 4.69) is 20.9 Å². The summed E-state index contributed by atoms with van der Waals surface area (Å²) in [5.41, 5.74) is 1.65. The summed E-state index contributed by atoms with van der Waals surface area (Å²) in [5, 5.41) is 9.86. The van der Waals surface area contributed by atoms with E-state index in [1.54, 1.807) is 24.4 Å². The van der Waals surface area contributed by atoms with Gasteiger partial charge in [-0.3, -0.25) is 0 Å². The smallest absolute Gasteiger partial charge is 0.227 e. The van der Waals surface area contributed by atoms with Gasteiger partial charge in [0.05, 0.1) is 21.8 Å². The molecule has 0 fully saturated rings. The number of aliphatic imine (C=N–C) groups is 1. The molecule has 2 aromatic carbocycles. The fourth-order valence-electron chi connectivity index (χ4n) is 2.60. The summed E-state index contributed by atoms with van der Waals surface area (Å²) in [6, 6.07) is 8.56. The highest BCUT2D eigenvalue weighted by molar-refractivity contribution is 9.12. The van der Waals surface area contributed by atoms with Gasteiger partial charge in [0.25, 0.3) is 0 Å². The molecule has 142 valence electrons. The number of aliphatic hydroxyl groups excluding tert-OH is 1. The summed E-state index contributed by atoms with van der Waals surface area (Å²) in [6.45, 7) is 1.67. The fourth-order valence-corrected chi connectivity index (χ4v) is 3.25. The molecule has 1 atom stereocenters. The number of halogens is 4. The second-order valence-corrected chi connectivity index (χ2v) is 7.18. The van der Waals surface area contributed by atoms with E-state index in [9.17, 15) is 13.9 Å². The van der Waals surface area contributed by atoms with Crippen LogP contribution in [0.15, 0.2) is 52.1 Å². The first-order valence-corrected chi connectivity index (χ1v) is 9.26. The van der Waals surface area contributed by atoms with E-state index in [4.69, 9.17) is 16.3 Å². The zero-order valence-corrected chi connectivity index (χ0v) is 16.6. The number of hydrogen-bond donors (Lipinski definition) is 1. The van der Waals surface area contributed by atoms with E-state index in [1.165, 1.54) is 12.1 Å². The molecule has 1 aliphatic heterocycles. The predicted octanol–water partition coefficient (Wildman–Crippen LogP) is 5.13. The zero-order valence-electron chi connectivity index (χ0n) is 14.3. The van der Waals surface area contributed by atoms with E-state index < -0.39 is 11.6 Å². The number of anilines is 1. The second-order valence-electron chi connectivity index (χ2n) is 5.92. The van der Waals surface area contributed by atoms with Crippen LogP contribution in [0.5, 0.6) is 0 Å². The number of rotatable bonds is 4. The minimum absolute atomic E-state index is 0.0820. The minimum atomic E-state index is -0.672. The molecule has 4 nitrogen and oxygen atoms in total. The van der Waals surface area contributed by atoms with Gasteiger partial charge in [0, 0.05) is 17.8 Å². The fraction of sp³-hybridized carbons (Fsp3) is 0.211. The van der Waals surface area contributed by atoms with Gasteiger partial charge in [-0.25, -0.2) is 13.8 Å². The molecule has 0 aliphatic carbocycles. The van der Waals surface area contributed by atoms with Crippen LogP contribution in [-0.2, 0) is 18.0 Å². The monoisotopic (exact) mass is 456 g/mol. The Kier molecular flexibility index (Phi) is 6.14. The van der Waals surface area contributed by atoms with Crippen LogP contribution >= 0.6 is 27.5 Å². The Labute approximate surface area is 168 Å². The first kappa shape index (κ1) is 19.8. The maximum Gasteiger partial charge on any atom is 0.227 e. The summed E-state index contributed by atoms with van der Waals surface area (Å²) in [4.78, 5) is 6.30. The van der Waals surface area contributed by atoms with Gasteiger partial charge in [0.15, 0.2) is 0 Å². The van der Waals surface area contributed by atoms with Gasteiger partial charge in [0.2, 0.25) is 5.90 Å². The van der Waals surface area contributed by atoms with Crippen molar-refractivity contribution in [3.05, 3.63) is 74.9 Å². The van der Waals surface area contributed by atoms with E-state index in [0.717, 1.165) is 11.6 Å². The van der Waals surface area contributed by atoms with Gasteiger partial charge < -0.3 is 14.7 Å². The molecule has 0 saturated carbocycles. The largest absolute Gasteiger partial charge is 0.472 e. The molecule has 3 rings (SSSR count). The molecule has 0 aromatic heterocycles. The Bertz CT molecular complexity index is 921.